The summed E-state index contributed by atoms with van der Waals surface area (Å²) in [6.07, 6.45) is 0. The van der Waals surface area contributed by atoms with Crippen LogP contribution in [0.25, 0.3) is 10.9 Å². The van der Waals surface area contributed by atoms with E-state index in [0.29, 0.717) is 12.1 Å². The quantitative estimate of drug-likeness (QED) is 0.707. The van der Waals surface area contributed by atoms with E-state index in [1.54, 1.807) is 0 Å². The number of carbonyl (C=O) groups excluding carboxylic acids is 1. The molecule has 5 nitrogen and oxygen atoms in total. The SMILES string of the molecule is Cc1cc2ccccc2n1CC(=O)N1CCN(Cc2ccc(C#N)cc2)CC1. The van der Waals surface area contributed by atoms with Crippen LogP contribution in [0.1, 0.15) is 16.8 Å². The molecule has 0 N–H and O–H groups in total. The van der Waals surface area contributed by atoms with Gasteiger partial charge in [0.15, 0.2) is 0 Å². The molecule has 0 saturated carbocycles. The Morgan fingerprint density at radius 3 is 2.46 bits per heavy atom. The Balaban J connectivity index is 1.34. The van der Waals surface area contributed by atoms with Gasteiger partial charge in [-0.05, 0) is 42.1 Å². The highest BCUT2D eigenvalue weighted by atomic mass is 16.2. The van der Waals surface area contributed by atoms with E-state index in [2.05, 4.69) is 40.7 Å². The summed E-state index contributed by atoms with van der Waals surface area (Å²) in [6.45, 7) is 6.57. The van der Waals surface area contributed by atoms with Crippen molar-refractivity contribution in [2.24, 2.45) is 0 Å². The lowest BCUT2D eigenvalue weighted by Gasteiger charge is -2.35. The highest BCUT2D eigenvalue weighted by Gasteiger charge is 2.22. The minimum atomic E-state index is 0.183. The number of nitrogens with zero attached hydrogens (tertiary/aromatic N) is 4. The number of nitriles is 1. The largest absolute Gasteiger partial charge is 0.339 e. The molecular formula is C23H24N4O. The molecule has 28 heavy (non-hydrogen) atoms. The topological polar surface area (TPSA) is 52.3 Å². The van der Waals surface area contributed by atoms with Gasteiger partial charge in [-0.1, -0.05) is 30.3 Å². The second kappa shape index (κ2) is 7.87. The van der Waals surface area contributed by atoms with E-state index in [0.717, 1.165) is 43.9 Å². The van der Waals surface area contributed by atoms with Crippen molar-refractivity contribution >= 4 is 16.8 Å². The maximum Gasteiger partial charge on any atom is 0.242 e. The van der Waals surface area contributed by atoms with Crippen molar-refractivity contribution in [1.29, 1.82) is 5.26 Å². The Kier molecular flexibility index (Phi) is 5.14. The van der Waals surface area contributed by atoms with Crippen molar-refractivity contribution in [2.45, 2.75) is 20.0 Å². The van der Waals surface area contributed by atoms with Crippen LogP contribution in [0.2, 0.25) is 0 Å². The zero-order chi connectivity index (χ0) is 19.5. The summed E-state index contributed by atoms with van der Waals surface area (Å²) in [5.41, 5.74) is 4.13. The lowest BCUT2D eigenvalue weighted by molar-refractivity contribution is -0.133. The predicted molar refractivity (Wildman–Crippen MR) is 110 cm³/mol. The first kappa shape index (κ1) is 18.3. The van der Waals surface area contributed by atoms with Crippen LogP contribution in [0.4, 0.5) is 0 Å². The van der Waals surface area contributed by atoms with E-state index in [1.165, 1.54) is 10.9 Å². The second-order valence-corrected chi connectivity index (χ2v) is 7.40. The Bertz CT molecular complexity index is 1020. The third kappa shape index (κ3) is 3.78. The molecule has 0 radical (unpaired) electrons. The summed E-state index contributed by atoms with van der Waals surface area (Å²) < 4.78 is 2.11. The monoisotopic (exact) mass is 372 g/mol. The highest BCUT2D eigenvalue weighted by molar-refractivity contribution is 5.84. The van der Waals surface area contributed by atoms with E-state index in [4.69, 9.17) is 5.26 Å². The fraction of sp³-hybridized carbons (Fsp3) is 0.304. The average Bonchev–Trinajstić information content (AvgIpc) is 3.04. The number of aromatic nitrogens is 1. The summed E-state index contributed by atoms with van der Waals surface area (Å²) in [4.78, 5) is 17.2. The molecule has 0 aliphatic carbocycles. The number of benzene rings is 2. The third-order valence-electron chi connectivity index (χ3n) is 5.53. The van der Waals surface area contributed by atoms with Crippen molar-refractivity contribution in [2.75, 3.05) is 26.2 Å². The van der Waals surface area contributed by atoms with Crippen molar-refractivity contribution in [3.63, 3.8) is 0 Å². The van der Waals surface area contributed by atoms with Gasteiger partial charge in [0.05, 0.1) is 11.6 Å². The minimum absolute atomic E-state index is 0.183. The summed E-state index contributed by atoms with van der Waals surface area (Å²) in [5, 5.41) is 10.1. The second-order valence-electron chi connectivity index (χ2n) is 7.40. The molecule has 0 atom stereocenters. The van der Waals surface area contributed by atoms with Gasteiger partial charge in [-0.15, -0.1) is 0 Å². The summed E-state index contributed by atoms with van der Waals surface area (Å²) in [5.74, 6) is 0.183. The minimum Gasteiger partial charge on any atom is -0.339 e. The number of piperazine rings is 1. The molecule has 1 fully saturated rings. The number of para-hydroxylation sites is 1. The van der Waals surface area contributed by atoms with Gasteiger partial charge in [-0.3, -0.25) is 9.69 Å². The third-order valence-corrected chi connectivity index (χ3v) is 5.53. The first-order valence-electron chi connectivity index (χ1n) is 9.68. The Morgan fingerprint density at radius 1 is 1.04 bits per heavy atom. The van der Waals surface area contributed by atoms with Crippen LogP contribution in [-0.2, 0) is 17.9 Å². The molecule has 3 aromatic rings. The normalized spacial score (nSPS) is 14.9. The van der Waals surface area contributed by atoms with Gasteiger partial charge in [0.2, 0.25) is 5.91 Å². The molecule has 1 saturated heterocycles. The standard InChI is InChI=1S/C23H24N4O/c1-18-14-21-4-2-3-5-22(21)27(18)17-23(28)26-12-10-25(11-13-26)16-20-8-6-19(15-24)7-9-20/h2-9,14H,10-13,16-17H2,1H3. The van der Waals surface area contributed by atoms with Gasteiger partial charge >= 0.3 is 0 Å². The van der Waals surface area contributed by atoms with E-state index in [-0.39, 0.29) is 5.91 Å². The molecule has 2 aromatic carbocycles. The number of rotatable bonds is 4. The molecule has 0 spiro atoms. The maximum atomic E-state index is 12.9. The number of fused-ring (bicyclic) bond motifs is 1. The van der Waals surface area contributed by atoms with E-state index >= 15 is 0 Å². The predicted octanol–water partition coefficient (Wildman–Crippen LogP) is 3.17. The first-order valence-corrected chi connectivity index (χ1v) is 9.68. The van der Waals surface area contributed by atoms with Gasteiger partial charge in [-0.2, -0.15) is 5.26 Å². The van der Waals surface area contributed by atoms with Crippen LogP contribution >= 0.6 is 0 Å². The summed E-state index contributed by atoms with van der Waals surface area (Å²) in [7, 11) is 0. The van der Waals surface area contributed by atoms with Crippen LogP contribution in [0.15, 0.2) is 54.6 Å². The fourth-order valence-corrected chi connectivity index (χ4v) is 3.89. The lowest BCUT2D eigenvalue weighted by atomic mass is 10.1. The Hall–Kier alpha value is -3.10. The zero-order valence-electron chi connectivity index (χ0n) is 16.1. The molecule has 0 unspecified atom stereocenters. The van der Waals surface area contributed by atoms with Crippen molar-refractivity contribution < 1.29 is 4.79 Å². The molecule has 5 heteroatoms. The molecule has 2 heterocycles. The number of hydrogen-bond donors (Lipinski definition) is 0. The molecule has 4 rings (SSSR count). The Morgan fingerprint density at radius 2 is 1.75 bits per heavy atom. The highest BCUT2D eigenvalue weighted by Crippen LogP contribution is 2.19. The van der Waals surface area contributed by atoms with Crippen molar-refractivity contribution in [3.8, 4) is 6.07 Å². The van der Waals surface area contributed by atoms with Crippen LogP contribution in [0.5, 0.6) is 0 Å². The van der Waals surface area contributed by atoms with E-state index in [1.807, 2.05) is 41.3 Å². The van der Waals surface area contributed by atoms with Gasteiger partial charge in [-0.25, -0.2) is 0 Å². The van der Waals surface area contributed by atoms with Gasteiger partial charge < -0.3 is 9.47 Å². The maximum absolute atomic E-state index is 12.9. The van der Waals surface area contributed by atoms with Crippen LogP contribution in [0, 0.1) is 18.3 Å². The number of hydrogen-bond acceptors (Lipinski definition) is 3. The van der Waals surface area contributed by atoms with E-state index < -0.39 is 0 Å². The number of carbonyl (C=O) groups is 1. The molecule has 1 amide bonds. The molecular weight excluding hydrogens is 348 g/mol. The number of amides is 1. The smallest absolute Gasteiger partial charge is 0.242 e. The molecule has 1 aliphatic rings. The van der Waals surface area contributed by atoms with Crippen molar-refractivity contribution in [3.05, 3.63) is 71.4 Å². The molecule has 1 aromatic heterocycles. The van der Waals surface area contributed by atoms with Gasteiger partial charge in [0, 0.05) is 43.9 Å². The summed E-state index contributed by atoms with van der Waals surface area (Å²) >= 11 is 0. The lowest BCUT2D eigenvalue weighted by Crippen LogP contribution is -2.49. The van der Waals surface area contributed by atoms with Crippen molar-refractivity contribution in [1.82, 2.24) is 14.4 Å². The summed E-state index contributed by atoms with van der Waals surface area (Å²) in [6, 6.07) is 20.2. The zero-order valence-corrected chi connectivity index (χ0v) is 16.1. The molecule has 1 aliphatic heterocycles. The molecule has 0 bridgehead atoms. The van der Waals surface area contributed by atoms with E-state index in [9.17, 15) is 4.79 Å². The first-order chi connectivity index (χ1) is 13.6. The molecule has 142 valence electrons. The van der Waals surface area contributed by atoms with Crippen LogP contribution < -0.4 is 0 Å². The average molecular weight is 372 g/mol. The fourth-order valence-electron chi connectivity index (χ4n) is 3.89. The van der Waals surface area contributed by atoms with Crippen LogP contribution in [-0.4, -0.2) is 46.5 Å². The van der Waals surface area contributed by atoms with Gasteiger partial charge in [0.1, 0.15) is 6.54 Å². The number of aryl methyl sites for hydroxylation is 1. The van der Waals surface area contributed by atoms with Crippen LogP contribution in [0.3, 0.4) is 0 Å². The Labute approximate surface area is 165 Å². The van der Waals surface area contributed by atoms with Gasteiger partial charge in [0.25, 0.3) is 0 Å².